The Labute approximate surface area is 166 Å². The third-order valence-electron chi connectivity index (χ3n) is 4.99. The third-order valence-corrected chi connectivity index (χ3v) is 4.99. The Bertz CT molecular complexity index is 517. The van der Waals surface area contributed by atoms with Gasteiger partial charge in [-0.3, -0.25) is 4.79 Å². The van der Waals surface area contributed by atoms with E-state index in [4.69, 9.17) is 16.2 Å². The maximum atomic E-state index is 11.0. The van der Waals surface area contributed by atoms with Crippen LogP contribution in [0.1, 0.15) is 102 Å². The summed E-state index contributed by atoms with van der Waals surface area (Å²) >= 11 is 0. The number of rotatable bonds is 17. The summed E-state index contributed by atoms with van der Waals surface area (Å²) in [5.74, 6) is 0.411. The van der Waals surface area contributed by atoms with Crippen LogP contribution >= 0.6 is 0 Å². The highest BCUT2D eigenvalue weighted by Gasteiger charge is 2.09. The molecule has 4 N–H and O–H groups in total. The molecule has 4 heteroatoms. The number of ether oxygens (including phenoxy) is 1. The summed E-state index contributed by atoms with van der Waals surface area (Å²) in [6, 6.07) is 3.16. The first-order valence-corrected chi connectivity index (χ1v) is 10.9. The van der Waals surface area contributed by atoms with Crippen LogP contribution in [-0.2, 0) is 4.79 Å². The van der Waals surface area contributed by atoms with Crippen molar-refractivity contribution in [2.45, 2.75) is 96.8 Å². The van der Waals surface area contributed by atoms with E-state index in [9.17, 15) is 4.79 Å². The molecule has 0 unspecified atom stereocenters. The number of unbranched alkanes of at least 4 members (excludes halogenated alkanes) is 13. The Hall–Kier alpha value is -1.71. The van der Waals surface area contributed by atoms with Crippen LogP contribution < -0.4 is 16.2 Å². The largest absolute Gasteiger partial charge is 0.491 e. The Morgan fingerprint density at radius 1 is 0.778 bits per heavy atom. The molecule has 27 heavy (non-hydrogen) atoms. The summed E-state index contributed by atoms with van der Waals surface area (Å²) in [6.45, 7) is 2.84. The van der Waals surface area contributed by atoms with Crippen LogP contribution in [-0.4, -0.2) is 12.9 Å². The molecule has 0 aliphatic heterocycles. The summed E-state index contributed by atoms with van der Waals surface area (Å²) in [5.41, 5.74) is 12.7. The SMILES string of the molecule is CCCCCCCCCCCCCCCCOc1c(N)cc(N)cc1[C]=O. The molecule has 1 rings (SSSR count). The Morgan fingerprint density at radius 2 is 1.26 bits per heavy atom. The highest BCUT2D eigenvalue weighted by molar-refractivity contribution is 5.86. The van der Waals surface area contributed by atoms with Gasteiger partial charge in [0.05, 0.1) is 17.9 Å². The molecule has 0 amide bonds. The maximum Gasteiger partial charge on any atom is 0.237 e. The van der Waals surface area contributed by atoms with Crippen molar-refractivity contribution in [1.29, 1.82) is 0 Å². The molecule has 0 saturated heterocycles. The van der Waals surface area contributed by atoms with E-state index in [-0.39, 0.29) is 0 Å². The number of nitrogens with two attached hydrogens (primary N) is 2. The van der Waals surface area contributed by atoms with Gasteiger partial charge in [-0.05, 0) is 18.6 Å². The molecule has 4 nitrogen and oxygen atoms in total. The minimum atomic E-state index is 0.304. The first-order valence-electron chi connectivity index (χ1n) is 10.9. The van der Waals surface area contributed by atoms with Gasteiger partial charge in [0.25, 0.3) is 0 Å². The molecule has 0 bridgehead atoms. The van der Waals surface area contributed by atoms with Gasteiger partial charge in [-0.15, -0.1) is 0 Å². The first-order chi connectivity index (χ1) is 13.2. The van der Waals surface area contributed by atoms with Gasteiger partial charge in [0, 0.05) is 5.69 Å². The molecule has 0 fully saturated rings. The summed E-state index contributed by atoms with van der Waals surface area (Å²) < 4.78 is 5.68. The van der Waals surface area contributed by atoms with E-state index < -0.39 is 0 Å². The molecular weight excluding hydrogens is 336 g/mol. The lowest BCUT2D eigenvalue weighted by Crippen LogP contribution is -2.04. The van der Waals surface area contributed by atoms with Crippen LogP contribution in [0.25, 0.3) is 0 Å². The predicted octanol–water partition coefficient (Wildman–Crippen LogP) is 6.17. The van der Waals surface area contributed by atoms with Gasteiger partial charge in [-0.2, -0.15) is 0 Å². The molecule has 1 aromatic rings. The Kier molecular flexibility index (Phi) is 13.3. The van der Waals surface area contributed by atoms with Crippen LogP contribution in [0.5, 0.6) is 5.75 Å². The lowest BCUT2D eigenvalue weighted by molar-refractivity contribution is 0.305. The maximum absolute atomic E-state index is 11.0. The molecule has 1 radical (unpaired) electrons. The van der Waals surface area contributed by atoms with Gasteiger partial charge >= 0.3 is 0 Å². The monoisotopic (exact) mass is 375 g/mol. The molecule has 0 aliphatic carbocycles. The van der Waals surface area contributed by atoms with Gasteiger partial charge < -0.3 is 16.2 Å². The van der Waals surface area contributed by atoms with E-state index in [1.165, 1.54) is 77.0 Å². The smallest absolute Gasteiger partial charge is 0.237 e. The molecule has 0 aromatic heterocycles. The van der Waals surface area contributed by atoms with Crippen LogP contribution in [0, 0.1) is 0 Å². The van der Waals surface area contributed by atoms with Crippen molar-refractivity contribution in [2.75, 3.05) is 18.1 Å². The van der Waals surface area contributed by atoms with E-state index >= 15 is 0 Å². The molecule has 0 aliphatic rings. The fourth-order valence-corrected chi connectivity index (χ4v) is 3.38. The fraction of sp³-hybridized carbons (Fsp3) is 0.696. The van der Waals surface area contributed by atoms with Crippen LogP contribution in [0.3, 0.4) is 0 Å². The number of carbonyl (C=O) groups excluding carboxylic acids is 1. The molecule has 0 atom stereocenters. The van der Waals surface area contributed by atoms with Crippen molar-refractivity contribution in [3.05, 3.63) is 17.7 Å². The van der Waals surface area contributed by atoms with Gasteiger partial charge in [-0.1, -0.05) is 90.4 Å². The summed E-state index contributed by atoms with van der Waals surface area (Å²) in [6.07, 6.45) is 20.4. The number of hydrogen-bond donors (Lipinski definition) is 2. The average Bonchev–Trinajstić information content (AvgIpc) is 2.65. The van der Waals surface area contributed by atoms with Gasteiger partial charge in [0.2, 0.25) is 6.29 Å². The molecular formula is C23H39N2O2. The third kappa shape index (κ3) is 10.9. The van der Waals surface area contributed by atoms with Crippen LogP contribution in [0.2, 0.25) is 0 Å². The Morgan fingerprint density at radius 3 is 1.74 bits per heavy atom. The minimum absolute atomic E-state index is 0.304. The molecule has 0 saturated carbocycles. The second-order valence-electron chi connectivity index (χ2n) is 7.53. The van der Waals surface area contributed by atoms with Crippen molar-refractivity contribution < 1.29 is 9.53 Å². The molecule has 0 heterocycles. The van der Waals surface area contributed by atoms with E-state index in [0.717, 1.165) is 12.8 Å². The topological polar surface area (TPSA) is 78.3 Å². The van der Waals surface area contributed by atoms with E-state index in [1.54, 1.807) is 12.1 Å². The van der Waals surface area contributed by atoms with Crippen molar-refractivity contribution in [1.82, 2.24) is 0 Å². The van der Waals surface area contributed by atoms with Gasteiger partial charge in [-0.25, -0.2) is 0 Å². The first kappa shape index (κ1) is 23.3. The highest BCUT2D eigenvalue weighted by atomic mass is 16.5. The van der Waals surface area contributed by atoms with Gasteiger partial charge in [0.1, 0.15) is 0 Å². The number of hydrogen-bond acceptors (Lipinski definition) is 4. The lowest BCUT2D eigenvalue weighted by Gasteiger charge is -2.11. The van der Waals surface area contributed by atoms with Crippen molar-refractivity contribution in [2.24, 2.45) is 0 Å². The average molecular weight is 376 g/mol. The second kappa shape index (κ2) is 15.4. The normalized spacial score (nSPS) is 10.9. The standard InChI is InChI=1S/C23H39N2O2/c1-2-3-4-5-6-7-8-9-10-11-12-13-14-15-16-27-23-20(19-26)17-21(24)18-22(23)25/h17-18H,2-16,24-25H2,1H3. The highest BCUT2D eigenvalue weighted by Crippen LogP contribution is 2.28. The number of nitrogen functional groups attached to an aromatic ring is 2. The van der Waals surface area contributed by atoms with Crippen LogP contribution in [0.4, 0.5) is 11.4 Å². The lowest BCUT2D eigenvalue weighted by atomic mass is 10.0. The Balaban J connectivity index is 1.95. The quantitative estimate of drug-likeness (QED) is 0.252. The summed E-state index contributed by atoms with van der Waals surface area (Å²) in [4.78, 5) is 11.0. The number of benzene rings is 1. The van der Waals surface area contributed by atoms with E-state index in [1.807, 2.05) is 6.29 Å². The van der Waals surface area contributed by atoms with Crippen molar-refractivity contribution in [3.8, 4) is 5.75 Å². The summed E-state index contributed by atoms with van der Waals surface area (Å²) in [5, 5.41) is 0. The molecule has 153 valence electrons. The van der Waals surface area contributed by atoms with E-state index in [2.05, 4.69) is 6.92 Å². The zero-order valence-electron chi connectivity index (χ0n) is 17.2. The van der Waals surface area contributed by atoms with Crippen molar-refractivity contribution in [3.63, 3.8) is 0 Å². The number of anilines is 2. The predicted molar refractivity (Wildman–Crippen MR) is 116 cm³/mol. The minimum Gasteiger partial charge on any atom is -0.491 e. The molecule has 0 spiro atoms. The van der Waals surface area contributed by atoms with Crippen LogP contribution in [0.15, 0.2) is 12.1 Å². The molecule has 1 aromatic carbocycles. The van der Waals surface area contributed by atoms with Gasteiger partial charge in [0.15, 0.2) is 5.75 Å². The van der Waals surface area contributed by atoms with Crippen molar-refractivity contribution >= 4 is 17.7 Å². The zero-order valence-corrected chi connectivity index (χ0v) is 17.2. The van der Waals surface area contributed by atoms with E-state index in [0.29, 0.717) is 29.3 Å². The second-order valence-corrected chi connectivity index (χ2v) is 7.53. The zero-order chi connectivity index (χ0) is 19.7. The summed E-state index contributed by atoms with van der Waals surface area (Å²) in [7, 11) is 0. The fourth-order valence-electron chi connectivity index (χ4n) is 3.38.